The van der Waals surface area contributed by atoms with Gasteiger partial charge in [0.2, 0.25) is 10.0 Å². The summed E-state index contributed by atoms with van der Waals surface area (Å²) in [5, 5.41) is 9.15. The highest BCUT2D eigenvalue weighted by atomic mass is 32.2. The van der Waals surface area contributed by atoms with Crippen molar-refractivity contribution in [1.82, 2.24) is 0 Å². The third kappa shape index (κ3) is 4.73. The number of sulfonamides is 1. The minimum absolute atomic E-state index is 0.0555. The van der Waals surface area contributed by atoms with E-state index >= 15 is 0 Å². The lowest BCUT2D eigenvalue weighted by Gasteiger charge is -2.39. The predicted octanol–water partition coefficient (Wildman–Crippen LogP) is 2.65. The molecule has 1 aliphatic rings. The topological polar surface area (TPSA) is 121 Å². The van der Waals surface area contributed by atoms with E-state index in [1.54, 1.807) is 24.3 Å². The van der Waals surface area contributed by atoms with Gasteiger partial charge in [0, 0.05) is 36.2 Å². The van der Waals surface area contributed by atoms with Crippen LogP contribution in [0.2, 0.25) is 0 Å². The molecule has 3 aromatic rings. The van der Waals surface area contributed by atoms with Crippen LogP contribution in [0.5, 0.6) is 5.75 Å². The van der Waals surface area contributed by atoms with Crippen molar-refractivity contribution in [2.24, 2.45) is 5.14 Å². The molecule has 0 spiro atoms. The van der Waals surface area contributed by atoms with E-state index in [1.165, 1.54) is 18.2 Å². The molecule has 0 saturated heterocycles. The highest BCUT2D eigenvalue weighted by Crippen LogP contribution is 2.37. The summed E-state index contributed by atoms with van der Waals surface area (Å²) in [6, 6.07) is 13.2. The van der Waals surface area contributed by atoms with Gasteiger partial charge in [0.25, 0.3) is 0 Å². The summed E-state index contributed by atoms with van der Waals surface area (Å²) in [7, 11) is -3.75. The maximum absolute atomic E-state index is 11.5. The van der Waals surface area contributed by atoms with E-state index < -0.39 is 21.2 Å². The van der Waals surface area contributed by atoms with Crippen LogP contribution in [0.4, 0.5) is 5.69 Å². The number of primary sulfonamides is 1. The zero-order valence-electron chi connectivity index (χ0n) is 17.3. The van der Waals surface area contributed by atoms with E-state index in [9.17, 15) is 13.2 Å². The second-order valence-corrected chi connectivity index (χ2v) is 9.58. The standard InChI is InChI=1S/C22H24N2O6S/c1-22(2)20(28-9-8-24-16-4-3-5-17(12-16)31(23,26)27)11-15-10-14-6-7-21(25)29-18(14)13-19(15)30-22/h3-7,10,12-13,20,24H,8-9,11H2,1-2H3,(H2,23,26,27)/t20-/m0/s1. The van der Waals surface area contributed by atoms with Gasteiger partial charge in [-0.15, -0.1) is 0 Å². The molecular weight excluding hydrogens is 420 g/mol. The number of hydrogen-bond donors (Lipinski definition) is 2. The molecule has 0 bridgehead atoms. The fraction of sp³-hybridized carbons (Fsp3) is 0.318. The molecule has 1 atom stereocenters. The van der Waals surface area contributed by atoms with E-state index in [0.29, 0.717) is 36.6 Å². The summed E-state index contributed by atoms with van der Waals surface area (Å²) in [6.07, 6.45) is 0.462. The molecule has 0 aliphatic carbocycles. The Kier molecular flexibility index (Phi) is 5.50. The summed E-state index contributed by atoms with van der Waals surface area (Å²) >= 11 is 0. The number of nitrogens with one attached hydrogen (secondary N) is 1. The fourth-order valence-electron chi connectivity index (χ4n) is 3.63. The molecule has 1 aliphatic heterocycles. The van der Waals surface area contributed by atoms with Gasteiger partial charge in [-0.05, 0) is 49.7 Å². The third-order valence-corrected chi connectivity index (χ3v) is 6.18. The van der Waals surface area contributed by atoms with Crippen LogP contribution in [0.25, 0.3) is 11.0 Å². The summed E-state index contributed by atoms with van der Waals surface area (Å²) in [5.41, 5.74) is 1.15. The largest absolute Gasteiger partial charge is 0.485 e. The van der Waals surface area contributed by atoms with Gasteiger partial charge in [0.15, 0.2) is 0 Å². The van der Waals surface area contributed by atoms with E-state index in [1.807, 2.05) is 19.9 Å². The molecule has 164 valence electrons. The molecule has 9 heteroatoms. The SMILES string of the molecule is CC1(C)Oc2cc3oc(=O)ccc3cc2C[C@@H]1OCCNc1cccc(S(N)(=O)=O)c1. The number of nitrogens with two attached hydrogens (primary N) is 1. The van der Waals surface area contributed by atoms with Crippen molar-refractivity contribution in [3.8, 4) is 5.75 Å². The van der Waals surface area contributed by atoms with Crippen molar-refractivity contribution in [1.29, 1.82) is 0 Å². The predicted molar refractivity (Wildman–Crippen MR) is 117 cm³/mol. The monoisotopic (exact) mass is 444 g/mol. The van der Waals surface area contributed by atoms with Crippen LogP contribution in [-0.4, -0.2) is 33.3 Å². The molecule has 0 radical (unpaired) electrons. The maximum atomic E-state index is 11.5. The van der Waals surface area contributed by atoms with E-state index in [4.69, 9.17) is 19.0 Å². The van der Waals surface area contributed by atoms with Crippen LogP contribution in [0.1, 0.15) is 19.4 Å². The van der Waals surface area contributed by atoms with Crippen molar-refractivity contribution in [2.75, 3.05) is 18.5 Å². The normalized spacial score (nSPS) is 17.7. The van der Waals surface area contributed by atoms with Crippen LogP contribution < -0.4 is 20.8 Å². The van der Waals surface area contributed by atoms with Gasteiger partial charge in [-0.3, -0.25) is 0 Å². The molecule has 1 aromatic heterocycles. The summed E-state index contributed by atoms with van der Waals surface area (Å²) in [5.74, 6) is 0.685. The van der Waals surface area contributed by atoms with Crippen molar-refractivity contribution >= 4 is 26.7 Å². The molecule has 3 N–H and O–H groups in total. The van der Waals surface area contributed by atoms with E-state index in [2.05, 4.69) is 5.32 Å². The maximum Gasteiger partial charge on any atom is 0.336 e. The molecule has 4 rings (SSSR count). The van der Waals surface area contributed by atoms with Crippen LogP contribution in [0, 0.1) is 0 Å². The highest BCUT2D eigenvalue weighted by Gasteiger charge is 2.38. The summed E-state index contributed by atoms with van der Waals surface area (Å²) in [6.45, 7) is 4.79. The van der Waals surface area contributed by atoms with Crippen molar-refractivity contribution in [3.05, 3.63) is 64.5 Å². The lowest BCUT2D eigenvalue weighted by atomic mass is 9.90. The first-order valence-corrected chi connectivity index (χ1v) is 11.4. The Morgan fingerprint density at radius 3 is 2.77 bits per heavy atom. The lowest BCUT2D eigenvalue weighted by Crippen LogP contribution is -2.48. The van der Waals surface area contributed by atoms with E-state index in [0.717, 1.165) is 10.9 Å². The molecule has 0 fully saturated rings. The smallest absolute Gasteiger partial charge is 0.336 e. The Bertz CT molecular complexity index is 1280. The second-order valence-electron chi connectivity index (χ2n) is 8.02. The molecule has 0 unspecified atom stereocenters. The van der Waals surface area contributed by atoms with Gasteiger partial charge in [-0.1, -0.05) is 6.07 Å². The molecule has 2 aromatic carbocycles. The Morgan fingerprint density at radius 1 is 1.19 bits per heavy atom. The second kappa shape index (κ2) is 7.99. The fourth-order valence-corrected chi connectivity index (χ4v) is 4.19. The number of rotatable bonds is 6. The Labute approximate surface area is 180 Å². The van der Waals surface area contributed by atoms with Crippen molar-refractivity contribution < 1.29 is 22.3 Å². The van der Waals surface area contributed by atoms with Gasteiger partial charge in [-0.2, -0.15) is 0 Å². The van der Waals surface area contributed by atoms with Gasteiger partial charge in [0.05, 0.1) is 11.5 Å². The minimum Gasteiger partial charge on any atom is -0.485 e. The lowest BCUT2D eigenvalue weighted by molar-refractivity contribution is -0.0807. The molecular formula is C22H24N2O6S. The molecule has 2 heterocycles. The minimum atomic E-state index is -3.75. The average Bonchev–Trinajstić information content (AvgIpc) is 2.69. The van der Waals surface area contributed by atoms with Gasteiger partial charge >= 0.3 is 5.63 Å². The Balaban J connectivity index is 1.42. The number of anilines is 1. The molecule has 31 heavy (non-hydrogen) atoms. The first-order valence-electron chi connectivity index (χ1n) is 9.86. The zero-order valence-corrected chi connectivity index (χ0v) is 18.1. The first kappa shape index (κ1) is 21.4. The summed E-state index contributed by atoms with van der Waals surface area (Å²) < 4.78 is 40.5. The highest BCUT2D eigenvalue weighted by molar-refractivity contribution is 7.89. The van der Waals surface area contributed by atoms with Crippen molar-refractivity contribution in [2.45, 2.75) is 36.9 Å². The van der Waals surface area contributed by atoms with Crippen molar-refractivity contribution in [3.63, 3.8) is 0 Å². The Morgan fingerprint density at radius 2 is 2.00 bits per heavy atom. The average molecular weight is 445 g/mol. The van der Waals surface area contributed by atoms with E-state index in [-0.39, 0.29) is 11.0 Å². The molecule has 0 saturated carbocycles. The number of fused-ring (bicyclic) bond motifs is 2. The molecule has 0 amide bonds. The number of benzene rings is 2. The quantitative estimate of drug-likeness (QED) is 0.443. The first-order chi connectivity index (χ1) is 14.6. The van der Waals surface area contributed by atoms with Gasteiger partial charge in [-0.25, -0.2) is 18.4 Å². The third-order valence-electron chi connectivity index (χ3n) is 5.27. The zero-order chi connectivity index (χ0) is 22.2. The molecule has 8 nitrogen and oxygen atoms in total. The van der Waals surface area contributed by atoms with Gasteiger partial charge in [0.1, 0.15) is 23.0 Å². The number of ether oxygens (including phenoxy) is 2. The van der Waals surface area contributed by atoms with Crippen LogP contribution >= 0.6 is 0 Å². The Hall–Kier alpha value is -2.88. The van der Waals surface area contributed by atoms with Crippen LogP contribution in [-0.2, 0) is 21.2 Å². The van der Waals surface area contributed by atoms with Gasteiger partial charge < -0.3 is 19.2 Å². The van der Waals surface area contributed by atoms with Crippen LogP contribution in [0.3, 0.4) is 0 Å². The number of hydrogen-bond acceptors (Lipinski definition) is 7. The summed E-state index contributed by atoms with van der Waals surface area (Å²) in [4.78, 5) is 11.5. The van der Waals surface area contributed by atoms with Crippen LogP contribution in [0.15, 0.2) is 62.6 Å².